The Balaban J connectivity index is 2.32. The van der Waals surface area contributed by atoms with E-state index in [0.29, 0.717) is 12.1 Å². The minimum absolute atomic E-state index is 0.158. The molecule has 0 fully saturated rings. The number of benzene rings is 1. The Morgan fingerprint density at radius 3 is 2.48 bits per heavy atom. The highest BCUT2D eigenvalue weighted by Crippen LogP contribution is 2.29. The molecule has 1 aromatic carbocycles. The van der Waals surface area contributed by atoms with Crippen LogP contribution in [0.3, 0.4) is 0 Å². The normalized spacial score (nSPS) is 13.1. The molecule has 0 heterocycles. The molecule has 1 aromatic rings. The number of primary amides is 1. The average molecular weight is 306 g/mol. The van der Waals surface area contributed by atoms with E-state index in [1.165, 1.54) is 12.1 Å². The van der Waals surface area contributed by atoms with Gasteiger partial charge < -0.3 is 20.9 Å². The second-order valence-electron chi connectivity index (χ2n) is 4.36. The number of aliphatic hydroxyl groups is 1. The van der Waals surface area contributed by atoms with Gasteiger partial charge in [-0.1, -0.05) is 12.1 Å². The number of carbonyl (C=O) groups excluding carboxylic acids is 1. The van der Waals surface area contributed by atoms with Gasteiger partial charge in [-0.3, -0.25) is 4.79 Å². The van der Waals surface area contributed by atoms with Crippen molar-refractivity contribution in [1.29, 1.82) is 0 Å². The number of amides is 1. The zero-order valence-corrected chi connectivity index (χ0v) is 11.2. The number of hydrogen-bond acceptors (Lipinski definition) is 4. The third-order valence-electron chi connectivity index (χ3n) is 2.63. The minimum atomic E-state index is -4.39. The third-order valence-corrected chi connectivity index (χ3v) is 2.63. The van der Waals surface area contributed by atoms with Crippen LogP contribution < -0.4 is 11.1 Å². The Morgan fingerprint density at radius 2 is 1.95 bits per heavy atom. The number of rotatable bonds is 8. The van der Waals surface area contributed by atoms with E-state index in [-0.39, 0.29) is 19.8 Å². The molecule has 0 saturated heterocycles. The first-order chi connectivity index (χ1) is 9.80. The van der Waals surface area contributed by atoms with Crippen LogP contribution >= 0.6 is 0 Å². The second kappa shape index (κ2) is 7.96. The molecule has 1 atom stereocenters. The van der Waals surface area contributed by atoms with E-state index in [2.05, 4.69) is 5.32 Å². The van der Waals surface area contributed by atoms with E-state index in [1.54, 1.807) is 0 Å². The highest BCUT2D eigenvalue weighted by Gasteiger charge is 2.30. The van der Waals surface area contributed by atoms with E-state index >= 15 is 0 Å². The van der Waals surface area contributed by atoms with Crippen molar-refractivity contribution in [2.45, 2.75) is 12.3 Å². The summed E-state index contributed by atoms with van der Waals surface area (Å²) in [7, 11) is 0. The Bertz CT molecular complexity index is 449. The standard InChI is InChI=1S/C13H17F3N2O3/c14-13(15,16)10-3-1-9(2-4-10)11(19)7-18-5-6-21-8-12(17)20/h1-4,11,18-19H,5-8H2,(H2,17,20). The smallest absolute Gasteiger partial charge is 0.387 e. The maximum Gasteiger partial charge on any atom is 0.416 e. The molecule has 0 radical (unpaired) electrons. The highest BCUT2D eigenvalue weighted by molar-refractivity contribution is 5.74. The predicted octanol–water partition coefficient (Wildman–Crippen LogP) is 0.830. The molecule has 0 aliphatic rings. The summed E-state index contributed by atoms with van der Waals surface area (Å²) >= 11 is 0. The summed E-state index contributed by atoms with van der Waals surface area (Å²) in [5.74, 6) is -0.570. The highest BCUT2D eigenvalue weighted by atomic mass is 19.4. The Labute approximate surface area is 119 Å². The number of alkyl halides is 3. The number of carbonyl (C=O) groups is 1. The summed E-state index contributed by atoms with van der Waals surface area (Å²) < 4.78 is 42.0. The van der Waals surface area contributed by atoms with Gasteiger partial charge in [-0.15, -0.1) is 0 Å². The Kier molecular flexibility index (Phi) is 6.60. The zero-order valence-electron chi connectivity index (χ0n) is 11.2. The van der Waals surface area contributed by atoms with E-state index < -0.39 is 23.8 Å². The molecule has 0 spiro atoms. The fraction of sp³-hybridized carbons (Fsp3) is 0.462. The van der Waals surface area contributed by atoms with Crippen molar-refractivity contribution >= 4 is 5.91 Å². The molecule has 1 rings (SSSR count). The molecule has 0 saturated carbocycles. The SMILES string of the molecule is NC(=O)COCCNCC(O)c1ccc(C(F)(F)F)cc1. The number of nitrogens with one attached hydrogen (secondary N) is 1. The van der Waals surface area contributed by atoms with Crippen LogP contribution in [0, 0.1) is 0 Å². The lowest BCUT2D eigenvalue weighted by Crippen LogP contribution is -2.27. The van der Waals surface area contributed by atoms with Crippen molar-refractivity contribution in [2.75, 3.05) is 26.3 Å². The molecule has 1 unspecified atom stereocenters. The predicted molar refractivity (Wildman–Crippen MR) is 69.3 cm³/mol. The van der Waals surface area contributed by atoms with Gasteiger partial charge in [0.2, 0.25) is 5.91 Å². The minimum Gasteiger partial charge on any atom is -0.387 e. The maximum absolute atomic E-state index is 12.4. The maximum atomic E-state index is 12.4. The van der Waals surface area contributed by atoms with Gasteiger partial charge in [-0.2, -0.15) is 13.2 Å². The Hall–Kier alpha value is -1.64. The van der Waals surface area contributed by atoms with Crippen LogP contribution in [0.15, 0.2) is 24.3 Å². The number of nitrogens with two attached hydrogens (primary N) is 1. The van der Waals surface area contributed by atoms with Crippen molar-refractivity contribution in [3.05, 3.63) is 35.4 Å². The summed E-state index contributed by atoms with van der Waals surface area (Å²) in [6, 6.07) is 4.32. The van der Waals surface area contributed by atoms with Gasteiger partial charge in [-0.05, 0) is 17.7 Å². The summed E-state index contributed by atoms with van der Waals surface area (Å²) in [5.41, 5.74) is 4.49. The van der Waals surface area contributed by atoms with Gasteiger partial charge >= 0.3 is 6.18 Å². The van der Waals surface area contributed by atoms with Crippen molar-refractivity contribution in [3.8, 4) is 0 Å². The quantitative estimate of drug-likeness (QED) is 0.621. The van der Waals surface area contributed by atoms with Gasteiger partial charge in [0.15, 0.2) is 0 Å². The second-order valence-corrected chi connectivity index (χ2v) is 4.36. The summed E-state index contributed by atoms with van der Waals surface area (Å²) in [6.45, 7) is 0.599. The fourth-order valence-electron chi connectivity index (χ4n) is 1.57. The third kappa shape index (κ3) is 6.56. The number of hydrogen-bond donors (Lipinski definition) is 3. The van der Waals surface area contributed by atoms with Gasteiger partial charge in [0.05, 0.1) is 18.3 Å². The topological polar surface area (TPSA) is 84.6 Å². The van der Waals surface area contributed by atoms with Crippen molar-refractivity contribution in [1.82, 2.24) is 5.32 Å². The van der Waals surface area contributed by atoms with Crippen LogP contribution in [0.2, 0.25) is 0 Å². The van der Waals surface area contributed by atoms with Crippen LogP contribution in [0.4, 0.5) is 13.2 Å². The fourth-order valence-corrected chi connectivity index (χ4v) is 1.57. The summed E-state index contributed by atoms with van der Waals surface area (Å²) in [6.07, 6.45) is -5.32. The molecular weight excluding hydrogens is 289 g/mol. The lowest BCUT2D eigenvalue weighted by Gasteiger charge is -2.13. The average Bonchev–Trinajstić information content (AvgIpc) is 2.41. The van der Waals surface area contributed by atoms with Crippen LogP contribution in [0.1, 0.15) is 17.2 Å². The van der Waals surface area contributed by atoms with Crippen molar-refractivity contribution in [2.24, 2.45) is 5.73 Å². The van der Waals surface area contributed by atoms with E-state index in [4.69, 9.17) is 10.5 Å². The van der Waals surface area contributed by atoms with Crippen LogP contribution in [-0.4, -0.2) is 37.3 Å². The molecule has 118 valence electrons. The molecule has 0 aliphatic carbocycles. The number of halogens is 3. The molecule has 0 aliphatic heterocycles. The molecule has 21 heavy (non-hydrogen) atoms. The van der Waals surface area contributed by atoms with Gasteiger partial charge in [0.1, 0.15) is 6.61 Å². The van der Waals surface area contributed by atoms with Gasteiger partial charge in [0, 0.05) is 13.1 Å². The number of ether oxygens (including phenoxy) is 1. The zero-order chi connectivity index (χ0) is 15.9. The lowest BCUT2D eigenvalue weighted by molar-refractivity contribution is -0.137. The first-order valence-corrected chi connectivity index (χ1v) is 6.22. The molecule has 0 aromatic heterocycles. The summed E-state index contributed by atoms with van der Waals surface area (Å²) in [5, 5.41) is 12.7. The Morgan fingerprint density at radius 1 is 1.33 bits per heavy atom. The largest absolute Gasteiger partial charge is 0.416 e. The molecule has 8 heteroatoms. The first kappa shape index (κ1) is 17.4. The first-order valence-electron chi connectivity index (χ1n) is 6.22. The molecule has 4 N–H and O–H groups in total. The lowest BCUT2D eigenvalue weighted by atomic mass is 10.1. The van der Waals surface area contributed by atoms with Crippen LogP contribution in [0.25, 0.3) is 0 Å². The summed E-state index contributed by atoms with van der Waals surface area (Å²) in [4.78, 5) is 10.4. The van der Waals surface area contributed by atoms with Crippen LogP contribution in [0.5, 0.6) is 0 Å². The van der Waals surface area contributed by atoms with E-state index in [0.717, 1.165) is 12.1 Å². The molecule has 5 nitrogen and oxygen atoms in total. The number of aliphatic hydroxyl groups excluding tert-OH is 1. The molecular formula is C13H17F3N2O3. The van der Waals surface area contributed by atoms with Crippen molar-refractivity contribution in [3.63, 3.8) is 0 Å². The van der Waals surface area contributed by atoms with Crippen LogP contribution in [-0.2, 0) is 15.7 Å². The molecule has 0 bridgehead atoms. The van der Waals surface area contributed by atoms with E-state index in [9.17, 15) is 23.1 Å². The molecule has 1 amide bonds. The van der Waals surface area contributed by atoms with Crippen molar-refractivity contribution < 1.29 is 27.8 Å². The van der Waals surface area contributed by atoms with Gasteiger partial charge in [-0.25, -0.2) is 0 Å². The van der Waals surface area contributed by atoms with Gasteiger partial charge in [0.25, 0.3) is 0 Å². The monoisotopic (exact) mass is 306 g/mol. The van der Waals surface area contributed by atoms with E-state index in [1.807, 2.05) is 0 Å².